The largest absolute Gasteiger partial charge is 0.273 e. The number of amides is 1. The number of hydrogen-bond acceptors (Lipinski definition) is 3. The van der Waals surface area contributed by atoms with Crippen LogP contribution in [0.15, 0.2) is 0 Å². The van der Waals surface area contributed by atoms with Crippen molar-refractivity contribution >= 4 is 15.9 Å². The molecule has 0 saturated heterocycles. The Balaban J connectivity index is 2.75. The fraction of sp³-hybridized carbons (Fsp3) is 0.889. The topological polar surface area (TPSA) is 63.2 Å². The fourth-order valence-electron chi connectivity index (χ4n) is 0.843. The second kappa shape index (κ2) is 2.95. The van der Waals surface area contributed by atoms with Crippen molar-refractivity contribution in [1.82, 2.24) is 4.72 Å². The molecule has 1 fully saturated rings. The molecule has 1 saturated carbocycles. The summed E-state index contributed by atoms with van der Waals surface area (Å²) < 4.78 is 24.7. The molecule has 0 aromatic heterocycles. The molecule has 1 aliphatic rings. The van der Waals surface area contributed by atoms with Crippen LogP contribution in [0.3, 0.4) is 0 Å². The van der Waals surface area contributed by atoms with Gasteiger partial charge in [0.05, 0.1) is 4.75 Å². The third kappa shape index (κ3) is 2.08. The molecule has 1 aliphatic carbocycles. The van der Waals surface area contributed by atoms with Crippen LogP contribution in [0.5, 0.6) is 0 Å². The van der Waals surface area contributed by atoms with Crippen LogP contribution < -0.4 is 4.72 Å². The summed E-state index contributed by atoms with van der Waals surface area (Å²) in [4.78, 5) is 11.5. The van der Waals surface area contributed by atoms with Crippen molar-refractivity contribution in [2.75, 3.05) is 0 Å². The fourth-order valence-corrected chi connectivity index (χ4v) is 2.28. The molecule has 0 aromatic carbocycles. The van der Waals surface area contributed by atoms with Gasteiger partial charge in [0.2, 0.25) is 15.9 Å². The minimum absolute atomic E-state index is 0.439. The van der Waals surface area contributed by atoms with E-state index in [-0.39, 0.29) is 0 Å². The van der Waals surface area contributed by atoms with Crippen molar-refractivity contribution in [1.29, 1.82) is 0 Å². The molecule has 82 valence electrons. The number of nitrogens with one attached hydrogen (secondary N) is 1. The molecule has 0 unspecified atom stereocenters. The third-order valence-corrected chi connectivity index (χ3v) is 4.67. The van der Waals surface area contributed by atoms with Crippen molar-refractivity contribution in [3.8, 4) is 0 Å². The predicted molar refractivity (Wildman–Crippen MR) is 54.2 cm³/mol. The molecule has 4 nitrogen and oxygen atoms in total. The van der Waals surface area contributed by atoms with Crippen molar-refractivity contribution in [2.45, 2.75) is 45.3 Å². The monoisotopic (exact) mass is 219 g/mol. The van der Waals surface area contributed by atoms with E-state index in [4.69, 9.17) is 0 Å². The Kier molecular flexibility index (Phi) is 2.42. The van der Waals surface area contributed by atoms with Gasteiger partial charge >= 0.3 is 0 Å². The summed E-state index contributed by atoms with van der Waals surface area (Å²) in [5.74, 6) is -0.439. The minimum Gasteiger partial charge on any atom is -0.273 e. The molecular weight excluding hydrogens is 202 g/mol. The average molecular weight is 219 g/mol. The summed E-state index contributed by atoms with van der Waals surface area (Å²) >= 11 is 0. The Labute approximate surface area is 85.1 Å². The number of rotatable bonds is 2. The van der Waals surface area contributed by atoms with E-state index in [1.54, 1.807) is 27.7 Å². The van der Waals surface area contributed by atoms with Gasteiger partial charge in [-0.2, -0.15) is 0 Å². The van der Waals surface area contributed by atoms with E-state index in [0.717, 1.165) is 0 Å². The van der Waals surface area contributed by atoms with Gasteiger partial charge in [-0.1, -0.05) is 20.8 Å². The van der Waals surface area contributed by atoms with Gasteiger partial charge in [0.1, 0.15) is 0 Å². The number of carbonyl (C=O) groups is 1. The SMILES string of the molecule is CC(C)(C)C(=O)NS(=O)(=O)C1(C)CC1. The molecule has 0 heterocycles. The quantitative estimate of drug-likeness (QED) is 0.754. The Bertz CT molecular complexity index is 347. The first-order valence-electron chi connectivity index (χ1n) is 4.65. The molecule has 5 heteroatoms. The third-order valence-electron chi connectivity index (χ3n) is 2.51. The molecular formula is C9H17NO3S. The van der Waals surface area contributed by atoms with Crippen LogP contribution in [0.25, 0.3) is 0 Å². The van der Waals surface area contributed by atoms with Crippen molar-refractivity contribution in [3.63, 3.8) is 0 Å². The summed E-state index contributed by atoms with van der Waals surface area (Å²) in [7, 11) is -3.47. The lowest BCUT2D eigenvalue weighted by Gasteiger charge is -2.19. The van der Waals surface area contributed by atoms with Gasteiger partial charge < -0.3 is 0 Å². The van der Waals surface area contributed by atoms with Gasteiger partial charge in [0.15, 0.2) is 0 Å². The Morgan fingerprint density at radius 3 is 2.00 bits per heavy atom. The van der Waals surface area contributed by atoms with E-state index in [2.05, 4.69) is 4.72 Å². The van der Waals surface area contributed by atoms with Crippen LogP contribution in [-0.2, 0) is 14.8 Å². The maximum absolute atomic E-state index is 11.6. The first-order chi connectivity index (χ1) is 6.08. The van der Waals surface area contributed by atoms with E-state index in [0.29, 0.717) is 12.8 Å². The van der Waals surface area contributed by atoms with E-state index in [1.807, 2.05) is 0 Å². The lowest BCUT2D eigenvalue weighted by molar-refractivity contribution is -0.126. The van der Waals surface area contributed by atoms with Crippen LogP contribution >= 0.6 is 0 Å². The predicted octanol–water partition coefficient (Wildman–Crippen LogP) is 1.03. The van der Waals surface area contributed by atoms with Crippen molar-refractivity contribution in [2.24, 2.45) is 5.41 Å². The summed E-state index contributed by atoms with van der Waals surface area (Å²) in [5.41, 5.74) is -0.668. The second-order valence-electron chi connectivity index (χ2n) is 5.13. The normalized spacial score (nSPS) is 20.3. The Morgan fingerprint density at radius 2 is 1.71 bits per heavy atom. The van der Waals surface area contributed by atoms with Gasteiger partial charge in [-0.25, -0.2) is 8.42 Å². The van der Waals surface area contributed by atoms with Crippen LogP contribution in [-0.4, -0.2) is 19.1 Å². The highest BCUT2D eigenvalue weighted by atomic mass is 32.2. The molecule has 0 aliphatic heterocycles. The summed E-state index contributed by atoms with van der Waals surface area (Å²) in [5, 5.41) is 0. The molecule has 14 heavy (non-hydrogen) atoms. The molecule has 0 radical (unpaired) electrons. The summed E-state index contributed by atoms with van der Waals surface area (Å²) in [6, 6.07) is 0. The Hall–Kier alpha value is -0.580. The average Bonchev–Trinajstić information content (AvgIpc) is 2.66. The summed E-state index contributed by atoms with van der Waals surface area (Å²) in [6.07, 6.45) is 1.28. The zero-order chi connectivity index (χ0) is 11.2. The maximum atomic E-state index is 11.6. The zero-order valence-corrected chi connectivity index (χ0v) is 9.86. The van der Waals surface area contributed by atoms with Gasteiger partial charge in [0.25, 0.3) is 0 Å². The van der Waals surface area contributed by atoms with E-state index >= 15 is 0 Å². The van der Waals surface area contributed by atoms with Gasteiger partial charge in [-0.15, -0.1) is 0 Å². The molecule has 0 aromatic rings. The maximum Gasteiger partial charge on any atom is 0.240 e. The van der Waals surface area contributed by atoms with Crippen LogP contribution in [0.2, 0.25) is 0 Å². The second-order valence-corrected chi connectivity index (χ2v) is 7.33. The van der Waals surface area contributed by atoms with Crippen LogP contribution in [0.1, 0.15) is 40.5 Å². The Morgan fingerprint density at radius 1 is 1.29 bits per heavy atom. The van der Waals surface area contributed by atoms with Gasteiger partial charge in [-0.3, -0.25) is 9.52 Å². The van der Waals surface area contributed by atoms with Gasteiger partial charge in [-0.05, 0) is 19.8 Å². The first kappa shape index (κ1) is 11.5. The lowest BCUT2D eigenvalue weighted by Crippen LogP contribution is -2.43. The van der Waals surface area contributed by atoms with E-state index in [9.17, 15) is 13.2 Å². The molecule has 1 N–H and O–H groups in total. The highest BCUT2D eigenvalue weighted by molar-refractivity contribution is 7.91. The number of hydrogen-bond donors (Lipinski definition) is 1. The smallest absolute Gasteiger partial charge is 0.240 e. The van der Waals surface area contributed by atoms with E-state index in [1.165, 1.54) is 0 Å². The zero-order valence-electron chi connectivity index (χ0n) is 9.05. The highest BCUT2D eigenvalue weighted by Crippen LogP contribution is 2.42. The standard InChI is InChI=1S/C9H17NO3S/c1-8(2,3)7(11)10-14(12,13)9(4)5-6-9/h5-6H2,1-4H3,(H,10,11). The minimum atomic E-state index is -3.47. The molecule has 0 spiro atoms. The van der Waals surface area contributed by atoms with Gasteiger partial charge in [0, 0.05) is 5.41 Å². The summed E-state index contributed by atoms with van der Waals surface area (Å²) in [6.45, 7) is 6.72. The number of carbonyl (C=O) groups excluding carboxylic acids is 1. The first-order valence-corrected chi connectivity index (χ1v) is 6.14. The van der Waals surface area contributed by atoms with E-state index < -0.39 is 26.1 Å². The van der Waals surface area contributed by atoms with Crippen LogP contribution in [0.4, 0.5) is 0 Å². The lowest BCUT2D eigenvalue weighted by atomic mass is 9.96. The van der Waals surface area contributed by atoms with Crippen molar-refractivity contribution in [3.05, 3.63) is 0 Å². The highest BCUT2D eigenvalue weighted by Gasteiger charge is 2.51. The molecule has 1 rings (SSSR count). The van der Waals surface area contributed by atoms with Crippen LogP contribution in [0, 0.1) is 5.41 Å². The van der Waals surface area contributed by atoms with Crippen molar-refractivity contribution < 1.29 is 13.2 Å². The molecule has 1 amide bonds. The number of sulfonamides is 1. The molecule has 0 atom stereocenters. The molecule has 0 bridgehead atoms.